The number of hydrogen-bond acceptors (Lipinski definition) is 3. The molecule has 1 aliphatic heterocycles. The Morgan fingerprint density at radius 2 is 1.89 bits per heavy atom. The number of likely N-dealkylation sites (N-methyl/N-ethyl adjacent to an activating group) is 1. The van der Waals surface area contributed by atoms with Gasteiger partial charge in [0.05, 0.1) is 6.04 Å². The van der Waals surface area contributed by atoms with Crippen LogP contribution in [0.25, 0.3) is 0 Å². The van der Waals surface area contributed by atoms with Crippen molar-refractivity contribution in [1.29, 1.82) is 0 Å². The average Bonchev–Trinajstić information content (AvgIpc) is 2.53. The smallest absolute Gasteiger partial charge is 0.240 e. The lowest BCUT2D eigenvalue weighted by molar-refractivity contribution is -0.138. The summed E-state index contributed by atoms with van der Waals surface area (Å²) in [6.07, 6.45) is 8.19. The Bertz CT molecular complexity index is 276. The van der Waals surface area contributed by atoms with Gasteiger partial charge in [0.2, 0.25) is 5.91 Å². The summed E-state index contributed by atoms with van der Waals surface area (Å²) in [5.74, 6) is 0.326. The summed E-state index contributed by atoms with van der Waals surface area (Å²) in [6.45, 7) is 2.55. The lowest BCUT2D eigenvalue weighted by Crippen LogP contribution is -2.49. The molecule has 1 aliphatic carbocycles. The highest BCUT2D eigenvalue weighted by atomic mass is 16.2. The van der Waals surface area contributed by atoms with E-state index in [2.05, 4.69) is 16.8 Å². The Labute approximate surface area is 110 Å². The van der Waals surface area contributed by atoms with Crippen LogP contribution in [-0.2, 0) is 4.79 Å². The molecule has 0 aromatic carbocycles. The zero-order chi connectivity index (χ0) is 13.0. The van der Waals surface area contributed by atoms with Crippen molar-refractivity contribution >= 4 is 5.91 Å². The molecule has 2 aliphatic rings. The van der Waals surface area contributed by atoms with Gasteiger partial charge >= 0.3 is 0 Å². The number of nitrogens with two attached hydrogens (primary N) is 1. The van der Waals surface area contributed by atoms with Crippen LogP contribution in [0.2, 0.25) is 0 Å². The second-order valence-electron chi connectivity index (χ2n) is 5.75. The molecular formula is C14H27N3O. The minimum atomic E-state index is 0.0134. The van der Waals surface area contributed by atoms with Crippen LogP contribution in [0.4, 0.5) is 0 Å². The van der Waals surface area contributed by atoms with Crippen LogP contribution in [0.5, 0.6) is 0 Å². The molecule has 4 heteroatoms. The SMILES string of the molecule is CN1CCCN(C2CCCCC2)C(=O)C1CCN. The fourth-order valence-corrected chi connectivity index (χ4v) is 3.39. The van der Waals surface area contributed by atoms with Crippen molar-refractivity contribution in [2.45, 2.75) is 57.0 Å². The van der Waals surface area contributed by atoms with Gasteiger partial charge in [0.25, 0.3) is 0 Å². The molecule has 1 unspecified atom stereocenters. The van der Waals surface area contributed by atoms with Gasteiger partial charge in [-0.2, -0.15) is 0 Å². The summed E-state index contributed by atoms with van der Waals surface area (Å²) >= 11 is 0. The largest absolute Gasteiger partial charge is 0.338 e. The van der Waals surface area contributed by atoms with Crippen molar-refractivity contribution in [2.75, 3.05) is 26.7 Å². The number of nitrogens with zero attached hydrogens (tertiary/aromatic N) is 2. The van der Waals surface area contributed by atoms with Gasteiger partial charge < -0.3 is 10.6 Å². The lowest BCUT2D eigenvalue weighted by Gasteiger charge is -2.36. The van der Waals surface area contributed by atoms with Gasteiger partial charge in [-0.15, -0.1) is 0 Å². The van der Waals surface area contributed by atoms with Crippen molar-refractivity contribution in [3.05, 3.63) is 0 Å². The van der Waals surface area contributed by atoms with E-state index in [-0.39, 0.29) is 6.04 Å². The molecule has 2 rings (SSSR count). The molecule has 0 aromatic rings. The maximum atomic E-state index is 12.7. The van der Waals surface area contributed by atoms with Crippen molar-refractivity contribution in [2.24, 2.45) is 5.73 Å². The third-order valence-corrected chi connectivity index (χ3v) is 4.47. The van der Waals surface area contributed by atoms with Gasteiger partial charge in [0, 0.05) is 19.1 Å². The van der Waals surface area contributed by atoms with Crippen LogP contribution < -0.4 is 5.73 Å². The second kappa shape index (κ2) is 6.53. The number of hydrogen-bond donors (Lipinski definition) is 1. The van der Waals surface area contributed by atoms with E-state index in [1.807, 2.05) is 0 Å². The third-order valence-electron chi connectivity index (χ3n) is 4.47. The van der Waals surface area contributed by atoms with Gasteiger partial charge in [0.15, 0.2) is 0 Å². The molecule has 1 saturated heterocycles. The maximum Gasteiger partial charge on any atom is 0.240 e. The molecule has 2 fully saturated rings. The van der Waals surface area contributed by atoms with E-state index in [4.69, 9.17) is 5.73 Å². The predicted molar refractivity (Wildman–Crippen MR) is 73.3 cm³/mol. The minimum absolute atomic E-state index is 0.0134. The van der Waals surface area contributed by atoms with E-state index >= 15 is 0 Å². The predicted octanol–water partition coefficient (Wildman–Crippen LogP) is 1.20. The van der Waals surface area contributed by atoms with Crippen LogP contribution in [0.15, 0.2) is 0 Å². The Balaban J connectivity index is 2.06. The maximum absolute atomic E-state index is 12.7. The molecule has 1 amide bonds. The minimum Gasteiger partial charge on any atom is -0.338 e. The summed E-state index contributed by atoms with van der Waals surface area (Å²) in [6, 6.07) is 0.512. The molecule has 0 aromatic heterocycles. The standard InChI is InChI=1S/C14H27N3O/c1-16-10-5-11-17(12-6-3-2-4-7-12)14(18)13(16)8-9-15/h12-13H,2-11,15H2,1H3. The van der Waals surface area contributed by atoms with E-state index in [1.165, 1.54) is 32.1 Å². The Hall–Kier alpha value is -0.610. The van der Waals surface area contributed by atoms with Gasteiger partial charge in [-0.1, -0.05) is 19.3 Å². The summed E-state index contributed by atoms with van der Waals surface area (Å²) in [7, 11) is 2.06. The highest BCUT2D eigenvalue weighted by Gasteiger charge is 2.34. The first-order chi connectivity index (χ1) is 8.74. The Kier molecular flexibility index (Phi) is 5.01. The van der Waals surface area contributed by atoms with E-state index in [0.717, 1.165) is 25.9 Å². The normalized spacial score (nSPS) is 28.4. The first-order valence-corrected chi connectivity index (χ1v) is 7.45. The molecule has 104 valence electrons. The monoisotopic (exact) mass is 253 g/mol. The fourth-order valence-electron chi connectivity index (χ4n) is 3.39. The van der Waals surface area contributed by atoms with Crippen LogP contribution in [0.3, 0.4) is 0 Å². The fraction of sp³-hybridized carbons (Fsp3) is 0.929. The van der Waals surface area contributed by atoms with Gasteiger partial charge in [-0.05, 0) is 39.3 Å². The highest BCUT2D eigenvalue weighted by Crippen LogP contribution is 2.25. The summed E-state index contributed by atoms with van der Waals surface area (Å²) < 4.78 is 0. The molecule has 1 heterocycles. The first kappa shape index (κ1) is 13.8. The molecule has 0 bridgehead atoms. The van der Waals surface area contributed by atoms with Gasteiger partial charge in [0.1, 0.15) is 0 Å². The number of rotatable bonds is 3. The topological polar surface area (TPSA) is 49.6 Å². The Morgan fingerprint density at radius 1 is 1.17 bits per heavy atom. The lowest BCUT2D eigenvalue weighted by atomic mass is 9.93. The summed E-state index contributed by atoms with van der Waals surface area (Å²) in [5.41, 5.74) is 5.66. The van der Waals surface area contributed by atoms with Crippen LogP contribution in [0, 0.1) is 0 Å². The number of carbonyl (C=O) groups excluding carboxylic acids is 1. The molecule has 0 radical (unpaired) electrons. The van der Waals surface area contributed by atoms with Crippen molar-refractivity contribution < 1.29 is 4.79 Å². The summed E-state index contributed by atoms with van der Waals surface area (Å²) in [4.78, 5) is 17.0. The second-order valence-corrected chi connectivity index (χ2v) is 5.75. The highest BCUT2D eigenvalue weighted by molar-refractivity contribution is 5.82. The van der Waals surface area contributed by atoms with E-state index < -0.39 is 0 Å². The molecule has 4 nitrogen and oxygen atoms in total. The molecule has 1 saturated carbocycles. The molecule has 0 spiro atoms. The zero-order valence-corrected chi connectivity index (χ0v) is 11.6. The van der Waals surface area contributed by atoms with E-state index in [1.54, 1.807) is 0 Å². The van der Waals surface area contributed by atoms with Crippen molar-refractivity contribution in [3.8, 4) is 0 Å². The van der Waals surface area contributed by atoms with Crippen molar-refractivity contribution in [1.82, 2.24) is 9.80 Å². The van der Waals surface area contributed by atoms with E-state index in [9.17, 15) is 4.79 Å². The van der Waals surface area contributed by atoms with Gasteiger partial charge in [-0.25, -0.2) is 0 Å². The van der Waals surface area contributed by atoms with Crippen LogP contribution in [0.1, 0.15) is 44.9 Å². The van der Waals surface area contributed by atoms with E-state index in [0.29, 0.717) is 18.5 Å². The molecule has 1 atom stereocenters. The quantitative estimate of drug-likeness (QED) is 0.822. The summed E-state index contributed by atoms with van der Waals surface area (Å²) in [5, 5.41) is 0. The third kappa shape index (κ3) is 3.04. The van der Waals surface area contributed by atoms with Crippen molar-refractivity contribution in [3.63, 3.8) is 0 Å². The molecular weight excluding hydrogens is 226 g/mol. The van der Waals surface area contributed by atoms with Crippen LogP contribution >= 0.6 is 0 Å². The van der Waals surface area contributed by atoms with Crippen LogP contribution in [-0.4, -0.2) is 54.5 Å². The Morgan fingerprint density at radius 3 is 2.56 bits per heavy atom. The average molecular weight is 253 g/mol. The first-order valence-electron chi connectivity index (χ1n) is 7.45. The number of amides is 1. The molecule has 18 heavy (non-hydrogen) atoms. The zero-order valence-electron chi connectivity index (χ0n) is 11.6. The number of carbonyl (C=O) groups is 1. The van der Waals surface area contributed by atoms with Gasteiger partial charge in [-0.3, -0.25) is 9.69 Å². The molecule has 2 N–H and O–H groups in total.